The highest BCUT2D eigenvalue weighted by atomic mass is 16.2. The van der Waals surface area contributed by atoms with Gasteiger partial charge in [-0.3, -0.25) is 4.79 Å². The molecular weight excluding hydrogens is 200 g/mol. The van der Waals surface area contributed by atoms with Gasteiger partial charge in [0.1, 0.15) is 0 Å². The van der Waals surface area contributed by atoms with Crippen molar-refractivity contribution in [3.63, 3.8) is 0 Å². The summed E-state index contributed by atoms with van der Waals surface area (Å²) in [7, 11) is 1.69. The molecule has 0 fully saturated rings. The van der Waals surface area contributed by atoms with Crippen molar-refractivity contribution in [2.24, 2.45) is 11.3 Å². The highest BCUT2D eigenvalue weighted by molar-refractivity contribution is 5.81. The minimum absolute atomic E-state index is 0.0936. The lowest BCUT2D eigenvalue weighted by Gasteiger charge is -2.25. The molecular formula is C13H28N2O. The molecule has 1 atom stereocenters. The third kappa shape index (κ3) is 6.11. The fourth-order valence-corrected chi connectivity index (χ4v) is 1.53. The summed E-state index contributed by atoms with van der Waals surface area (Å²) in [4.78, 5) is 11.6. The number of amides is 1. The summed E-state index contributed by atoms with van der Waals surface area (Å²) in [6.07, 6.45) is 2.40. The predicted octanol–water partition coefficient (Wildman–Crippen LogP) is 2.17. The maximum atomic E-state index is 11.6. The van der Waals surface area contributed by atoms with Gasteiger partial charge in [0.05, 0.1) is 5.41 Å². The lowest BCUT2D eigenvalue weighted by Crippen LogP contribution is -2.44. The highest BCUT2D eigenvalue weighted by Crippen LogP contribution is 2.14. The highest BCUT2D eigenvalue weighted by Gasteiger charge is 2.26. The third-order valence-corrected chi connectivity index (χ3v) is 2.91. The van der Waals surface area contributed by atoms with E-state index in [-0.39, 0.29) is 11.3 Å². The molecule has 1 amide bonds. The summed E-state index contributed by atoms with van der Waals surface area (Å²) in [6, 6.07) is 0.478. The standard InChI is InChI=1S/C13H28N2O/c1-10(2)7-8-11(3)15-9-13(4,5)12(16)14-6/h10-11,15H,7-9H2,1-6H3,(H,14,16). The van der Waals surface area contributed by atoms with Gasteiger partial charge < -0.3 is 10.6 Å². The van der Waals surface area contributed by atoms with Crippen molar-refractivity contribution in [2.45, 2.75) is 53.5 Å². The second-order valence-electron chi connectivity index (χ2n) is 5.72. The first kappa shape index (κ1) is 15.4. The van der Waals surface area contributed by atoms with Gasteiger partial charge in [-0.2, -0.15) is 0 Å². The maximum absolute atomic E-state index is 11.6. The average Bonchev–Trinajstić information content (AvgIpc) is 2.22. The molecule has 16 heavy (non-hydrogen) atoms. The molecule has 1 unspecified atom stereocenters. The van der Waals surface area contributed by atoms with Crippen LogP contribution in [-0.2, 0) is 4.79 Å². The number of carbonyl (C=O) groups excluding carboxylic acids is 1. The van der Waals surface area contributed by atoms with Gasteiger partial charge in [0.15, 0.2) is 0 Å². The molecule has 0 saturated carbocycles. The van der Waals surface area contributed by atoms with E-state index in [0.29, 0.717) is 6.04 Å². The summed E-state index contributed by atoms with van der Waals surface area (Å²) in [5, 5.41) is 6.13. The summed E-state index contributed by atoms with van der Waals surface area (Å²) >= 11 is 0. The quantitative estimate of drug-likeness (QED) is 0.701. The van der Waals surface area contributed by atoms with Crippen molar-refractivity contribution in [3.05, 3.63) is 0 Å². The first-order valence-corrected chi connectivity index (χ1v) is 6.25. The molecule has 2 N–H and O–H groups in total. The predicted molar refractivity (Wildman–Crippen MR) is 69.4 cm³/mol. The minimum Gasteiger partial charge on any atom is -0.359 e. The second kappa shape index (κ2) is 6.89. The van der Waals surface area contributed by atoms with Crippen molar-refractivity contribution in [1.82, 2.24) is 10.6 Å². The van der Waals surface area contributed by atoms with Crippen LogP contribution < -0.4 is 10.6 Å². The molecule has 0 spiro atoms. The lowest BCUT2D eigenvalue weighted by molar-refractivity contribution is -0.128. The van der Waals surface area contributed by atoms with Crippen LogP contribution in [-0.4, -0.2) is 25.5 Å². The normalized spacial score (nSPS) is 13.9. The average molecular weight is 228 g/mol. The second-order valence-corrected chi connectivity index (χ2v) is 5.72. The Labute approximate surface area is 100 Å². The van der Waals surface area contributed by atoms with Crippen LogP contribution in [0, 0.1) is 11.3 Å². The van der Waals surface area contributed by atoms with E-state index in [9.17, 15) is 4.79 Å². The Kier molecular flexibility index (Phi) is 6.65. The van der Waals surface area contributed by atoms with Crippen molar-refractivity contribution in [3.8, 4) is 0 Å². The molecule has 0 aromatic heterocycles. The zero-order valence-corrected chi connectivity index (χ0v) is 11.7. The van der Waals surface area contributed by atoms with Crippen LogP contribution in [0.5, 0.6) is 0 Å². The molecule has 0 aliphatic rings. The summed E-state index contributed by atoms with van der Waals surface area (Å²) in [5.74, 6) is 0.840. The van der Waals surface area contributed by atoms with E-state index in [0.717, 1.165) is 12.5 Å². The van der Waals surface area contributed by atoms with Gasteiger partial charge >= 0.3 is 0 Å². The van der Waals surface area contributed by atoms with Crippen LogP contribution in [0.1, 0.15) is 47.5 Å². The molecule has 0 aromatic carbocycles. The molecule has 0 aliphatic heterocycles. The molecule has 0 radical (unpaired) electrons. The Morgan fingerprint density at radius 3 is 2.19 bits per heavy atom. The van der Waals surface area contributed by atoms with E-state index >= 15 is 0 Å². The van der Waals surface area contributed by atoms with Gasteiger partial charge in [-0.15, -0.1) is 0 Å². The molecule has 0 heterocycles. The van der Waals surface area contributed by atoms with E-state index in [1.54, 1.807) is 7.05 Å². The van der Waals surface area contributed by atoms with Gasteiger partial charge in [-0.25, -0.2) is 0 Å². The monoisotopic (exact) mass is 228 g/mol. The number of carbonyl (C=O) groups is 1. The first-order valence-electron chi connectivity index (χ1n) is 6.25. The van der Waals surface area contributed by atoms with E-state index < -0.39 is 0 Å². The molecule has 0 rings (SSSR count). The largest absolute Gasteiger partial charge is 0.359 e. The van der Waals surface area contributed by atoms with Crippen molar-refractivity contribution in [2.75, 3.05) is 13.6 Å². The van der Waals surface area contributed by atoms with E-state index in [1.807, 2.05) is 13.8 Å². The van der Waals surface area contributed by atoms with Crippen LogP contribution >= 0.6 is 0 Å². The molecule has 0 bridgehead atoms. The smallest absolute Gasteiger partial charge is 0.226 e. The molecule has 3 heteroatoms. The van der Waals surface area contributed by atoms with E-state index in [2.05, 4.69) is 31.4 Å². The number of rotatable bonds is 7. The zero-order chi connectivity index (χ0) is 12.8. The van der Waals surface area contributed by atoms with Gasteiger partial charge in [-0.1, -0.05) is 13.8 Å². The van der Waals surface area contributed by atoms with Crippen LogP contribution in [0.15, 0.2) is 0 Å². The topological polar surface area (TPSA) is 41.1 Å². The van der Waals surface area contributed by atoms with Gasteiger partial charge in [0, 0.05) is 19.6 Å². The Morgan fingerprint density at radius 2 is 1.75 bits per heavy atom. The van der Waals surface area contributed by atoms with Crippen LogP contribution in [0.2, 0.25) is 0 Å². The summed E-state index contributed by atoms with van der Waals surface area (Å²) in [5.41, 5.74) is -0.332. The molecule has 0 aromatic rings. The van der Waals surface area contributed by atoms with Crippen LogP contribution in [0.4, 0.5) is 0 Å². The lowest BCUT2D eigenvalue weighted by atomic mass is 9.91. The Hall–Kier alpha value is -0.570. The number of hydrogen-bond acceptors (Lipinski definition) is 2. The molecule has 96 valence electrons. The zero-order valence-electron chi connectivity index (χ0n) is 11.7. The minimum atomic E-state index is -0.332. The van der Waals surface area contributed by atoms with Gasteiger partial charge in [0.25, 0.3) is 0 Å². The van der Waals surface area contributed by atoms with Crippen molar-refractivity contribution < 1.29 is 4.79 Å². The molecule has 0 saturated heterocycles. The SMILES string of the molecule is CNC(=O)C(C)(C)CNC(C)CCC(C)C. The molecule has 3 nitrogen and oxygen atoms in total. The Balaban J connectivity index is 3.90. The van der Waals surface area contributed by atoms with Crippen LogP contribution in [0.25, 0.3) is 0 Å². The first-order chi connectivity index (χ1) is 7.29. The summed E-state index contributed by atoms with van der Waals surface area (Å²) < 4.78 is 0. The van der Waals surface area contributed by atoms with Crippen molar-refractivity contribution >= 4 is 5.91 Å². The molecule has 0 aliphatic carbocycles. The number of nitrogens with one attached hydrogen (secondary N) is 2. The Bertz CT molecular complexity index is 212. The fraction of sp³-hybridized carbons (Fsp3) is 0.923. The third-order valence-electron chi connectivity index (χ3n) is 2.91. The Morgan fingerprint density at radius 1 is 1.19 bits per heavy atom. The van der Waals surface area contributed by atoms with Gasteiger partial charge in [-0.05, 0) is 39.5 Å². The van der Waals surface area contributed by atoms with Gasteiger partial charge in [0.2, 0.25) is 5.91 Å². The van der Waals surface area contributed by atoms with E-state index in [4.69, 9.17) is 0 Å². The van der Waals surface area contributed by atoms with E-state index in [1.165, 1.54) is 12.8 Å². The summed E-state index contributed by atoms with van der Waals surface area (Å²) in [6.45, 7) is 11.3. The maximum Gasteiger partial charge on any atom is 0.226 e. The van der Waals surface area contributed by atoms with Crippen LogP contribution in [0.3, 0.4) is 0 Å². The fourth-order valence-electron chi connectivity index (χ4n) is 1.53. The van der Waals surface area contributed by atoms with Crippen molar-refractivity contribution in [1.29, 1.82) is 0 Å². The number of hydrogen-bond donors (Lipinski definition) is 2.